The third-order valence-corrected chi connectivity index (χ3v) is 2.92. The van der Waals surface area contributed by atoms with Gasteiger partial charge in [0.05, 0.1) is 22.9 Å². The maximum Gasteiger partial charge on any atom is 0.314 e. The number of nitro benzene ring substituents is 1. The van der Waals surface area contributed by atoms with Crippen LogP contribution < -0.4 is 10.5 Å². The van der Waals surface area contributed by atoms with Crippen LogP contribution in [0.25, 0.3) is 0 Å². The van der Waals surface area contributed by atoms with Crippen LogP contribution in [0.1, 0.15) is 25.1 Å². The van der Waals surface area contributed by atoms with Crippen LogP contribution in [0.4, 0.5) is 10.1 Å². The van der Waals surface area contributed by atoms with Crippen molar-refractivity contribution in [2.75, 3.05) is 0 Å². The van der Waals surface area contributed by atoms with E-state index in [9.17, 15) is 14.5 Å². The summed E-state index contributed by atoms with van der Waals surface area (Å²) < 4.78 is 18.4. The van der Waals surface area contributed by atoms with E-state index in [1.165, 1.54) is 12.3 Å². The topological polar surface area (TPSA) is 91.3 Å². The van der Waals surface area contributed by atoms with E-state index >= 15 is 0 Å². The highest BCUT2D eigenvalue weighted by molar-refractivity contribution is 5.48. The van der Waals surface area contributed by atoms with E-state index in [0.29, 0.717) is 11.4 Å². The Morgan fingerprint density at radius 2 is 2.19 bits per heavy atom. The Morgan fingerprint density at radius 1 is 1.43 bits per heavy atom. The molecule has 0 aliphatic rings. The van der Waals surface area contributed by atoms with Gasteiger partial charge in [0.25, 0.3) is 0 Å². The van der Waals surface area contributed by atoms with Crippen LogP contribution in [0.5, 0.6) is 11.5 Å². The third kappa shape index (κ3) is 3.51. The lowest BCUT2D eigenvalue weighted by Crippen LogP contribution is -2.10. The Bertz CT molecular complexity index is 646. The summed E-state index contributed by atoms with van der Waals surface area (Å²) in [7, 11) is 0. The van der Waals surface area contributed by atoms with Gasteiger partial charge in [0.2, 0.25) is 5.75 Å². The SMILES string of the molecule is CCC(N)c1ccc(Oc2ccc(F)cc2[N+](=O)[O-])cn1. The van der Waals surface area contributed by atoms with E-state index in [4.69, 9.17) is 10.5 Å². The third-order valence-electron chi connectivity index (χ3n) is 2.92. The summed E-state index contributed by atoms with van der Waals surface area (Å²) in [4.78, 5) is 14.3. The number of nitro groups is 1. The molecule has 0 spiro atoms. The molecule has 0 amide bonds. The number of hydrogen-bond donors (Lipinski definition) is 1. The first-order valence-corrected chi connectivity index (χ1v) is 6.34. The van der Waals surface area contributed by atoms with Crippen molar-refractivity contribution in [3.8, 4) is 11.5 Å². The summed E-state index contributed by atoms with van der Waals surface area (Å²) in [6.07, 6.45) is 2.18. The molecule has 1 aromatic heterocycles. The van der Waals surface area contributed by atoms with Crippen LogP contribution in [0.3, 0.4) is 0 Å². The average Bonchev–Trinajstić information content (AvgIpc) is 2.49. The molecule has 0 saturated carbocycles. The van der Waals surface area contributed by atoms with Gasteiger partial charge in [0.15, 0.2) is 0 Å². The first-order chi connectivity index (χ1) is 10.0. The molecule has 2 rings (SSSR count). The smallest absolute Gasteiger partial charge is 0.314 e. The Hall–Kier alpha value is -2.54. The van der Waals surface area contributed by atoms with E-state index in [2.05, 4.69) is 4.98 Å². The molecule has 21 heavy (non-hydrogen) atoms. The van der Waals surface area contributed by atoms with Crippen LogP contribution in [0, 0.1) is 15.9 Å². The Balaban J connectivity index is 2.24. The minimum Gasteiger partial charge on any atom is -0.449 e. The van der Waals surface area contributed by atoms with E-state index < -0.39 is 16.4 Å². The lowest BCUT2D eigenvalue weighted by Gasteiger charge is -2.09. The lowest BCUT2D eigenvalue weighted by molar-refractivity contribution is -0.385. The molecule has 2 aromatic rings. The number of pyridine rings is 1. The van der Waals surface area contributed by atoms with Crippen LogP contribution in [0.2, 0.25) is 0 Å². The van der Waals surface area contributed by atoms with Crippen LogP contribution in [-0.2, 0) is 0 Å². The van der Waals surface area contributed by atoms with Crippen molar-refractivity contribution in [1.29, 1.82) is 0 Å². The molecule has 7 heteroatoms. The van der Waals surface area contributed by atoms with Crippen molar-refractivity contribution in [1.82, 2.24) is 4.98 Å². The Morgan fingerprint density at radius 3 is 2.76 bits per heavy atom. The molecular weight excluding hydrogens is 277 g/mol. The van der Waals surface area contributed by atoms with Gasteiger partial charge in [0.1, 0.15) is 11.6 Å². The molecule has 0 bridgehead atoms. The molecule has 1 atom stereocenters. The van der Waals surface area contributed by atoms with Crippen molar-refractivity contribution >= 4 is 5.69 Å². The first kappa shape index (κ1) is 14.9. The zero-order valence-corrected chi connectivity index (χ0v) is 11.3. The van der Waals surface area contributed by atoms with Crippen molar-refractivity contribution in [3.05, 3.63) is 58.2 Å². The minimum absolute atomic E-state index is 0.0456. The number of halogens is 1. The monoisotopic (exact) mass is 291 g/mol. The standard InChI is InChI=1S/C14H14FN3O3/c1-2-11(16)12-5-4-10(8-17-12)21-14-6-3-9(15)7-13(14)18(19)20/h3-8,11H,2,16H2,1H3. The molecule has 2 N–H and O–H groups in total. The maximum atomic E-state index is 13.0. The van der Waals surface area contributed by atoms with Crippen LogP contribution in [0.15, 0.2) is 36.5 Å². The van der Waals surface area contributed by atoms with Crippen LogP contribution in [-0.4, -0.2) is 9.91 Å². The Labute approximate surface area is 120 Å². The van der Waals surface area contributed by atoms with Crippen molar-refractivity contribution in [3.63, 3.8) is 0 Å². The van der Waals surface area contributed by atoms with Gasteiger partial charge in [-0.3, -0.25) is 15.1 Å². The van der Waals surface area contributed by atoms with Crippen molar-refractivity contribution in [2.24, 2.45) is 5.73 Å². The molecule has 0 aliphatic carbocycles. The fraction of sp³-hybridized carbons (Fsp3) is 0.214. The lowest BCUT2D eigenvalue weighted by atomic mass is 10.1. The number of ether oxygens (including phenoxy) is 1. The molecule has 0 saturated heterocycles. The first-order valence-electron chi connectivity index (χ1n) is 6.34. The fourth-order valence-corrected chi connectivity index (χ4v) is 1.73. The van der Waals surface area contributed by atoms with Gasteiger partial charge in [-0.1, -0.05) is 6.92 Å². The van der Waals surface area contributed by atoms with E-state index in [1.807, 2.05) is 6.92 Å². The molecule has 0 radical (unpaired) electrons. The highest BCUT2D eigenvalue weighted by atomic mass is 19.1. The zero-order valence-electron chi connectivity index (χ0n) is 11.3. The number of nitrogens with two attached hydrogens (primary N) is 1. The second kappa shape index (κ2) is 6.27. The molecule has 1 unspecified atom stereocenters. The summed E-state index contributed by atoms with van der Waals surface area (Å²) in [5.74, 6) is -0.427. The second-order valence-corrected chi connectivity index (χ2v) is 4.40. The number of nitrogens with zero attached hydrogens (tertiary/aromatic N) is 2. The number of benzene rings is 1. The number of hydrogen-bond acceptors (Lipinski definition) is 5. The zero-order chi connectivity index (χ0) is 15.4. The van der Waals surface area contributed by atoms with Gasteiger partial charge in [-0.15, -0.1) is 0 Å². The normalized spacial score (nSPS) is 12.0. The number of aromatic nitrogens is 1. The van der Waals surface area contributed by atoms with Gasteiger partial charge in [-0.05, 0) is 30.7 Å². The van der Waals surface area contributed by atoms with Gasteiger partial charge < -0.3 is 10.5 Å². The number of rotatable bonds is 5. The van der Waals surface area contributed by atoms with E-state index in [0.717, 1.165) is 18.6 Å². The molecule has 6 nitrogen and oxygen atoms in total. The van der Waals surface area contributed by atoms with Gasteiger partial charge in [0, 0.05) is 6.04 Å². The summed E-state index contributed by atoms with van der Waals surface area (Å²) in [5, 5.41) is 10.9. The summed E-state index contributed by atoms with van der Waals surface area (Å²) in [6, 6.07) is 6.25. The maximum absolute atomic E-state index is 13.0. The van der Waals surface area contributed by atoms with E-state index in [-0.39, 0.29) is 11.8 Å². The molecule has 110 valence electrons. The minimum atomic E-state index is -0.701. The van der Waals surface area contributed by atoms with Crippen molar-refractivity contribution < 1.29 is 14.1 Å². The predicted octanol–water partition coefficient (Wildman–Crippen LogP) is 3.33. The van der Waals surface area contributed by atoms with Crippen LogP contribution >= 0.6 is 0 Å². The second-order valence-electron chi connectivity index (χ2n) is 4.40. The fourth-order valence-electron chi connectivity index (χ4n) is 1.73. The van der Waals surface area contributed by atoms with Gasteiger partial charge >= 0.3 is 5.69 Å². The average molecular weight is 291 g/mol. The molecule has 1 heterocycles. The molecule has 1 aromatic carbocycles. The highest BCUT2D eigenvalue weighted by Gasteiger charge is 2.17. The van der Waals surface area contributed by atoms with Gasteiger partial charge in [-0.2, -0.15) is 0 Å². The molecular formula is C14H14FN3O3. The quantitative estimate of drug-likeness (QED) is 0.674. The highest BCUT2D eigenvalue weighted by Crippen LogP contribution is 2.31. The largest absolute Gasteiger partial charge is 0.449 e. The van der Waals surface area contributed by atoms with E-state index in [1.54, 1.807) is 12.1 Å². The van der Waals surface area contributed by atoms with Crippen molar-refractivity contribution in [2.45, 2.75) is 19.4 Å². The Kier molecular flexibility index (Phi) is 4.44. The van der Waals surface area contributed by atoms with Gasteiger partial charge in [-0.25, -0.2) is 4.39 Å². The summed E-state index contributed by atoms with van der Waals surface area (Å²) in [6.45, 7) is 1.94. The predicted molar refractivity (Wildman–Crippen MR) is 74.6 cm³/mol. The summed E-state index contributed by atoms with van der Waals surface area (Å²) in [5.41, 5.74) is 6.11. The summed E-state index contributed by atoms with van der Waals surface area (Å²) >= 11 is 0. The molecule has 0 fully saturated rings. The molecule has 0 aliphatic heterocycles.